The summed E-state index contributed by atoms with van der Waals surface area (Å²) >= 11 is 1.77. The van der Waals surface area contributed by atoms with E-state index in [0.717, 1.165) is 17.2 Å². The Hall–Kier alpha value is -2.34. The van der Waals surface area contributed by atoms with E-state index in [9.17, 15) is 4.79 Å². The predicted molar refractivity (Wildman–Crippen MR) is 92.7 cm³/mol. The zero-order chi connectivity index (χ0) is 16.1. The largest absolute Gasteiger partial charge is 0.352 e. The van der Waals surface area contributed by atoms with E-state index < -0.39 is 0 Å². The third kappa shape index (κ3) is 3.71. The Balaban J connectivity index is 1.56. The molecule has 2 heterocycles. The molecule has 1 amide bonds. The van der Waals surface area contributed by atoms with Gasteiger partial charge in [-0.15, -0.1) is 10.2 Å². The summed E-state index contributed by atoms with van der Waals surface area (Å²) in [6, 6.07) is 13.5. The molecule has 0 saturated carbocycles. The first-order valence-electron chi connectivity index (χ1n) is 7.42. The molecule has 0 unspecified atom stereocenters. The van der Waals surface area contributed by atoms with Crippen LogP contribution in [0.2, 0.25) is 0 Å². The van der Waals surface area contributed by atoms with Crippen LogP contribution >= 0.6 is 11.8 Å². The lowest BCUT2D eigenvalue weighted by Crippen LogP contribution is -2.26. The number of hydrogen-bond acceptors (Lipinski definition) is 4. The zero-order valence-corrected chi connectivity index (χ0v) is 13.7. The standard InChI is InChI=1S/C17H18N4OS/c1-23-12-13-5-7-14(8-6-13)17(22)18-10-9-16-20-19-15-4-2-3-11-21(15)16/h2-8,11H,9-10,12H2,1H3,(H,18,22). The van der Waals surface area contributed by atoms with Crippen LogP contribution in [-0.2, 0) is 12.2 Å². The molecule has 6 heteroatoms. The molecular formula is C17H18N4OS. The summed E-state index contributed by atoms with van der Waals surface area (Å²) in [5.41, 5.74) is 2.73. The number of carbonyl (C=O) groups excluding carboxylic acids is 1. The predicted octanol–water partition coefficient (Wildman–Crippen LogP) is 2.56. The van der Waals surface area contributed by atoms with Crippen LogP contribution in [0.5, 0.6) is 0 Å². The highest BCUT2D eigenvalue weighted by atomic mass is 32.2. The average Bonchev–Trinajstić information content (AvgIpc) is 2.99. The molecule has 5 nitrogen and oxygen atoms in total. The Morgan fingerprint density at radius 3 is 2.78 bits per heavy atom. The second-order valence-electron chi connectivity index (χ2n) is 5.18. The van der Waals surface area contributed by atoms with E-state index in [2.05, 4.69) is 21.8 Å². The van der Waals surface area contributed by atoms with Crippen molar-refractivity contribution in [3.8, 4) is 0 Å². The lowest BCUT2D eigenvalue weighted by atomic mass is 10.1. The van der Waals surface area contributed by atoms with Crippen molar-refractivity contribution in [2.75, 3.05) is 12.8 Å². The van der Waals surface area contributed by atoms with Gasteiger partial charge in [-0.25, -0.2) is 0 Å². The SMILES string of the molecule is CSCc1ccc(C(=O)NCCc2nnc3ccccn23)cc1. The Kier molecular flexibility index (Phi) is 4.92. The quantitative estimate of drug-likeness (QED) is 0.756. The fraction of sp³-hybridized carbons (Fsp3) is 0.235. The molecule has 2 aromatic heterocycles. The van der Waals surface area contributed by atoms with Crippen molar-refractivity contribution in [2.45, 2.75) is 12.2 Å². The van der Waals surface area contributed by atoms with Gasteiger partial charge in [-0.3, -0.25) is 9.20 Å². The maximum Gasteiger partial charge on any atom is 0.251 e. The zero-order valence-electron chi connectivity index (χ0n) is 12.9. The summed E-state index contributed by atoms with van der Waals surface area (Å²) in [7, 11) is 0. The third-order valence-corrected chi connectivity index (χ3v) is 4.17. The molecule has 0 bridgehead atoms. The van der Waals surface area contributed by atoms with Crippen molar-refractivity contribution in [1.29, 1.82) is 0 Å². The van der Waals surface area contributed by atoms with Gasteiger partial charge in [-0.1, -0.05) is 18.2 Å². The Morgan fingerprint density at radius 2 is 2.00 bits per heavy atom. The Bertz CT molecular complexity index is 798. The van der Waals surface area contributed by atoms with E-state index in [1.54, 1.807) is 11.8 Å². The van der Waals surface area contributed by atoms with Crippen molar-refractivity contribution in [3.63, 3.8) is 0 Å². The third-order valence-electron chi connectivity index (χ3n) is 3.55. The van der Waals surface area contributed by atoms with Gasteiger partial charge in [0.2, 0.25) is 0 Å². The van der Waals surface area contributed by atoms with Crippen LogP contribution in [0.3, 0.4) is 0 Å². The van der Waals surface area contributed by atoms with Gasteiger partial charge in [0.05, 0.1) is 0 Å². The number of pyridine rings is 1. The fourth-order valence-electron chi connectivity index (χ4n) is 2.37. The smallest absolute Gasteiger partial charge is 0.251 e. The number of benzene rings is 1. The normalized spacial score (nSPS) is 10.8. The number of fused-ring (bicyclic) bond motifs is 1. The summed E-state index contributed by atoms with van der Waals surface area (Å²) in [6.07, 6.45) is 4.63. The molecule has 1 N–H and O–H groups in total. The topological polar surface area (TPSA) is 59.3 Å². The van der Waals surface area contributed by atoms with Gasteiger partial charge in [0.1, 0.15) is 5.82 Å². The van der Waals surface area contributed by atoms with Crippen LogP contribution in [0.15, 0.2) is 48.7 Å². The molecule has 0 aliphatic rings. The first-order valence-corrected chi connectivity index (χ1v) is 8.82. The van der Waals surface area contributed by atoms with Gasteiger partial charge < -0.3 is 5.32 Å². The monoisotopic (exact) mass is 326 g/mol. The molecule has 1 aromatic carbocycles. The van der Waals surface area contributed by atoms with Crippen LogP contribution in [0.25, 0.3) is 5.65 Å². The molecule has 23 heavy (non-hydrogen) atoms. The van der Waals surface area contributed by atoms with Gasteiger partial charge in [-0.2, -0.15) is 11.8 Å². The van der Waals surface area contributed by atoms with Crippen LogP contribution < -0.4 is 5.32 Å². The molecule has 0 aliphatic heterocycles. The van der Waals surface area contributed by atoms with Crippen LogP contribution in [0.1, 0.15) is 21.7 Å². The molecule has 3 rings (SSSR count). The van der Waals surface area contributed by atoms with E-state index >= 15 is 0 Å². The summed E-state index contributed by atoms with van der Waals surface area (Å²) in [4.78, 5) is 12.1. The molecule has 3 aromatic rings. The lowest BCUT2D eigenvalue weighted by Gasteiger charge is -2.05. The number of amides is 1. The first-order chi connectivity index (χ1) is 11.3. The number of nitrogens with one attached hydrogen (secondary N) is 1. The summed E-state index contributed by atoms with van der Waals surface area (Å²) in [5.74, 6) is 1.74. The highest BCUT2D eigenvalue weighted by Gasteiger charge is 2.07. The van der Waals surface area contributed by atoms with Gasteiger partial charge in [0.25, 0.3) is 5.91 Å². The van der Waals surface area contributed by atoms with E-state index in [1.165, 1.54) is 5.56 Å². The maximum atomic E-state index is 12.1. The molecule has 0 fully saturated rings. The second-order valence-corrected chi connectivity index (χ2v) is 6.05. The average molecular weight is 326 g/mol. The van der Waals surface area contributed by atoms with E-state index in [4.69, 9.17) is 0 Å². The number of rotatable bonds is 6. The maximum absolute atomic E-state index is 12.1. The van der Waals surface area contributed by atoms with E-state index in [-0.39, 0.29) is 5.91 Å². The van der Waals surface area contributed by atoms with E-state index in [1.807, 2.05) is 53.1 Å². The Labute approximate surface area is 139 Å². The molecule has 0 aliphatic carbocycles. The first kappa shape index (κ1) is 15.6. The van der Waals surface area contributed by atoms with Crippen molar-refractivity contribution in [2.24, 2.45) is 0 Å². The van der Waals surface area contributed by atoms with Crippen molar-refractivity contribution >= 4 is 23.3 Å². The highest BCUT2D eigenvalue weighted by molar-refractivity contribution is 7.97. The van der Waals surface area contributed by atoms with E-state index in [0.29, 0.717) is 18.5 Å². The number of thioether (sulfide) groups is 1. The number of aromatic nitrogens is 3. The van der Waals surface area contributed by atoms with Gasteiger partial charge in [-0.05, 0) is 36.1 Å². The van der Waals surface area contributed by atoms with Gasteiger partial charge >= 0.3 is 0 Å². The number of carbonyl (C=O) groups is 1. The molecular weight excluding hydrogens is 308 g/mol. The van der Waals surface area contributed by atoms with Gasteiger partial charge in [0, 0.05) is 30.5 Å². The minimum atomic E-state index is -0.0606. The highest BCUT2D eigenvalue weighted by Crippen LogP contribution is 2.10. The molecule has 0 radical (unpaired) electrons. The summed E-state index contributed by atoms with van der Waals surface area (Å²) in [5, 5.41) is 11.2. The lowest BCUT2D eigenvalue weighted by molar-refractivity contribution is 0.0954. The molecule has 0 saturated heterocycles. The summed E-state index contributed by atoms with van der Waals surface area (Å²) in [6.45, 7) is 0.529. The molecule has 0 spiro atoms. The molecule has 0 atom stereocenters. The summed E-state index contributed by atoms with van der Waals surface area (Å²) < 4.78 is 1.93. The fourth-order valence-corrected chi connectivity index (χ4v) is 2.90. The number of nitrogens with zero attached hydrogens (tertiary/aromatic N) is 3. The van der Waals surface area contributed by atoms with Crippen molar-refractivity contribution in [3.05, 3.63) is 65.6 Å². The van der Waals surface area contributed by atoms with Gasteiger partial charge in [0.15, 0.2) is 5.65 Å². The van der Waals surface area contributed by atoms with Crippen molar-refractivity contribution in [1.82, 2.24) is 19.9 Å². The van der Waals surface area contributed by atoms with Crippen LogP contribution in [-0.4, -0.2) is 33.3 Å². The van der Waals surface area contributed by atoms with Crippen molar-refractivity contribution < 1.29 is 4.79 Å². The number of hydrogen-bond donors (Lipinski definition) is 1. The van der Waals surface area contributed by atoms with Crippen LogP contribution in [0, 0.1) is 0 Å². The second kappa shape index (κ2) is 7.28. The minimum Gasteiger partial charge on any atom is -0.352 e. The molecule has 118 valence electrons. The van der Waals surface area contributed by atoms with Crippen LogP contribution in [0.4, 0.5) is 0 Å². The minimum absolute atomic E-state index is 0.0606. The Morgan fingerprint density at radius 1 is 1.17 bits per heavy atom.